The van der Waals surface area contributed by atoms with Gasteiger partial charge in [0.2, 0.25) is 0 Å². The Morgan fingerprint density at radius 3 is 2.13 bits per heavy atom. The van der Waals surface area contributed by atoms with Crippen molar-refractivity contribution in [2.75, 3.05) is 21.3 Å². The number of aryl methyl sites for hydroxylation is 1. The molecule has 2 aromatic rings. The Morgan fingerprint density at radius 2 is 1.57 bits per heavy atom. The predicted molar refractivity (Wildman–Crippen MR) is 114 cm³/mol. The summed E-state index contributed by atoms with van der Waals surface area (Å²) in [6, 6.07) is 15.8. The van der Waals surface area contributed by atoms with Gasteiger partial charge in [0.25, 0.3) is 5.91 Å². The Labute approximate surface area is 177 Å². The maximum Gasteiger partial charge on any atom is 0.334 e. The number of nitrogens with one attached hydrogen (secondary N) is 1. The summed E-state index contributed by atoms with van der Waals surface area (Å²) >= 11 is 0. The summed E-state index contributed by atoms with van der Waals surface area (Å²) in [6.07, 6.45) is 2.10. The predicted octanol–water partition coefficient (Wildman–Crippen LogP) is 3.97. The second-order valence-electron chi connectivity index (χ2n) is 6.76. The number of rotatable bonds is 11. The lowest BCUT2D eigenvalue weighted by Crippen LogP contribution is -2.41. The van der Waals surface area contributed by atoms with E-state index >= 15 is 0 Å². The van der Waals surface area contributed by atoms with E-state index in [-0.39, 0.29) is 12.1 Å². The molecular weight excluding hydrogens is 405 g/mol. The van der Waals surface area contributed by atoms with E-state index in [0.29, 0.717) is 17.5 Å². The lowest BCUT2D eigenvalue weighted by Gasteiger charge is -2.17. The Morgan fingerprint density at radius 1 is 0.933 bits per heavy atom. The zero-order valence-electron chi connectivity index (χ0n) is 17.5. The molecule has 8 heteroatoms. The number of methoxy groups -OCH3 is 1. The topological polar surface area (TPSA) is 90.9 Å². The van der Waals surface area contributed by atoms with Crippen LogP contribution in [-0.4, -0.2) is 39.2 Å². The van der Waals surface area contributed by atoms with E-state index in [2.05, 4.69) is 5.32 Å². The summed E-state index contributed by atoms with van der Waals surface area (Å²) in [5.74, 6) is -0.854. The maximum absolute atomic E-state index is 12.6. The van der Waals surface area contributed by atoms with Gasteiger partial charge in [0.05, 0.1) is 13.3 Å². The van der Waals surface area contributed by atoms with Crippen molar-refractivity contribution >= 4 is 19.5 Å². The minimum atomic E-state index is -3.18. The van der Waals surface area contributed by atoms with Crippen LogP contribution in [-0.2, 0) is 35.7 Å². The summed E-state index contributed by atoms with van der Waals surface area (Å²) in [4.78, 5) is 24.7. The lowest BCUT2D eigenvalue weighted by atomic mass is 10.0. The SMILES string of the molecule is COC(=O)[C@H](CCCc1ccccc1)NC(=O)c1ccc(CP(=O)(OC)OC)cc1. The number of carbonyl (C=O) groups is 2. The third-order valence-electron chi connectivity index (χ3n) is 4.74. The van der Waals surface area contributed by atoms with Gasteiger partial charge in [-0.25, -0.2) is 4.79 Å². The van der Waals surface area contributed by atoms with Gasteiger partial charge < -0.3 is 19.1 Å². The Bertz CT molecular complexity index is 861. The number of hydrogen-bond donors (Lipinski definition) is 1. The van der Waals surface area contributed by atoms with Crippen LogP contribution in [0.15, 0.2) is 54.6 Å². The van der Waals surface area contributed by atoms with Gasteiger partial charge in [-0.2, -0.15) is 0 Å². The highest BCUT2D eigenvalue weighted by Crippen LogP contribution is 2.49. The molecular formula is C22H28NO6P. The van der Waals surface area contributed by atoms with Crippen molar-refractivity contribution in [3.05, 3.63) is 71.3 Å². The fourth-order valence-corrected chi connectivity index (χ4v) is 4.04. The molecule has 162 valence electrons. The first kappa shape index (κ1) is 23.8. The van der Waals surface area contributed by atoms with E-state index < -0.39 is 19.6 Å². The van der Waals surface area contributed by atoms with Crippen LogP contribution in [0.4, 0.5) is 0 Å². The molecule has 1 N–H and O–H groups in total. The van der Waals surface area contributed by atoms with E-state index in [1.165, 1.54) is 26.9 Å². The molecule has 0 radical (unpaired) electrons. The zero-order valence-corrected chi connectivity index (χ0v) is 18.4. The first-order valence-electron chi connectivity index (χ1n) is 9.63. The molecule has 0 aromatic heterocycles. The van der Waals surface area contributed by atoms with Crippen LogP contribution in [0.5, 0.6) is 0 Å². The number of ether oxygens (including phenoxy) is 1. The molecule has 30 heavy (non-hydrogen) atoms. The second-order valence-corrected chi connectivity index (χ2v) is 9.03. The smallest absolute Gasteiger partial charge is 0.334 e. The van der Waals surface area contributed by atoms with Gasteiger partial charge in [-0.15, -0.1) is 0 Å². The van der Waals surface area contributed by atoms with Gasteiger partial charge in [0.15, 0.2) is 0 Å². The molecule has 1 amide bonds. The fourth-order valence-electron chi connectivity index (χ4n) is 2.98. The van der Waals surface area contributed by atoms with Crippen molar-refractivity contribution in [2.45, 2.75) is 31.5 Å². The van der Waals surface area contributed by atoms with Crippen molar-refractivity contribution in [3.63, 3.8) is 0 Å². The molecule has 0 fully saturated rings. The molecule has 0 aliphatic rings. The Hall–Kier alpha value is -2.47. The molecule has 0 aliphatic heterocycles. The molecule has 0 bridgehead atoms. The van der Waals surface area contributed by atoms with Crippen molar-refractivity contribution in [1.82, 2.24) is 5.32 Å². The third-order valence-corrected chi connectivity index (χ3v) is 6.61. The number of carbonyl (C=O) groups excluding carboxylic acids is 2. The molecule has 0 aliphatic carbocycles. The van der Waals surface area contributed by atoms with Crippen LogP contribution in [0.1, 0.15) is 34.3 Å². The average Bonchev–Trinajstić information content (AvgIpc) is 2.78. The molecule has 0 spiro atoms. The van der Waals surface area contributed by atoms with Crippen molar-refractivity contribution in [3.8, 4) is 0 Å². The van der Waals surface area contributed by atoms with Crippen molar-refractivity contribution in [1.29, 1.82) is 0 Å². The van der Waals surface area contributed by atoms with Gasteiger partial charge in [-0.05, 0) is 42.5 Å². The summed E-state index contributed by atoms with van der Waals surface area (Å²) in [6.45, 7) is 0. The number of hydrogen-bond acceptors (Lipinski definition) is 6. The molecule has 0 heterocycles. The van der Waals surface area contributed by atoms with Gasteiger partial charge >= 0.3 is 13.6 Å². The fraction of sp³-hybridized carbons (Fsp3) is 0.364. The highest BCUT2D eigenvalue weighted by atomic mass is 31.2. The summed E-state index contributed by atoms with van der Waals surface area (Å²) in [5.41, 5.74) is 2.28. The van der Waals surface area contributed by atoms with Crippen LogP contribution < -0.4 is 5.32 Å². The molecule has 7 nitrogen and oxygen atoms in total. The van der Waals surface area contributed by atoms with Gasteiger partial charge in [-0.3, -0.25) is 9.36 Å². The van der Waals surface area contributed by atoms with Crippen molar-refractivity contribution < 1.29 is 27.9 Å². The number of benzene rings is 2. The lowest BCUT2D eigenvalue weighted by molar-refractivity contribution is -0.143. The monoisotopic (exact) mass is 433 g/mol. The van der Waals surface area contributed by atoms with Gasteiger partial charge in [0.1, 0.15) is 6.04 Å². The zero-order chi connectivity index (χ0) is 22.0. The molecule has 0 saturated carbocycles. The highest BCUT2D eigenvalue weighted by Gasteiger charge is 2.23. The van der Waals surface area contributed by atoms with E-state index in [4.69, 9.17) is 13.8 Å². The standard InChI is InChI=1S/C22H28NO6P/c1-27-22(25)20(11-7-10-17-8-5-4-6-9-17)23-21(24)19-14-12-18(13-15-19)16-30(26,28-2)29-3/h4-6,8-9,12-15,20H,7,10-11,16H2,1-3H3,(H,23,24)/t20-/m0/s1. The molecule has 0 saturated heterocycles. The maximum atomic E-state index is 12.6. The van der Waals surface area contributed by atoms with Crippen LogP contribution in [0.2, 0.25) is 0 Å². The highest BCUT2D eigenvalue weighted by molar-refractivity contribution is 7.52. The molecule has 2 aromatic carbocycles. The average molecular weight is 433 g/mol. The van der Waals surface area contributed by atoms with Crippen molar-refractivity contribution in [2.24, 2.45) is 0 Å². The summed E-state index contributed by atoms with van der Waals surface area (Å²) in [7, 11) is 0.782. The van der Waals surface area contributed by atoms with E-state index in [1.807, 2.05) is 30.3 Å². The van der Waals surface area contributed by atoms with Gasteiger partial charge in [0, 0.05) is 19.8 Å². The quantitative estimate of drug-likeness (QED) is 0.426. The minimum Gasteiger partial charge on any atom is -0.467 e. The van der Waals surface area contributed by atoms with Crippen LogP contribution in [0, 0.1) is 0 Å². The molecule has 2 rings (SSSR count). The Kier molecular flexibility index (Phi) is 9.24. The third kappa shape index (κ3) is 7.10. The largest absolute Gasteiger partial charge is 0.467 e. The minimum absolute atomic E-state index is 0.103. The second kappa shape index (κ2) is 11.6. The first-order chi connectivity index (χ1) is 14.4. The number of amides is 1. The molecule has 0 unspecified atom stereocenters. The van der Waals surface area contributed by atoms with E-state index in [1.54, 1.807) is 24.3 Å². The van der Waals surface area contributed by atoms with Crippen LogP contribution in [0.3, 0.4) is 0 Å². The van der Waals surface area contributed by atoms with Gasteiger partial charge in [-0.1, -0.05) is 42.5 Å². The summed E-state index contributed by atoms with van der Waals surface area (Å²) in [5, 5.41) is 2.74. The summed E-state index contributed by atoms with van der Waals surface area (Å²) < 4.78 is 26.9. The Balaban J connectivity index is 1.97. The molecule has 1 atom stereocenters. The van der Waals surface area contributed by atoms with E-state index in [9.17, 15) is 14.2 Å². The number of esters is 1. The van der Waals surface area contributed by atoms with Crippen LogP contribution in [0.25, 0.3) is 0 Å². The van der Waals surface area contributed by atoms with E-state index in [0.717, 1.165) is 12.8 Å². The first-order valence-corrected chi connectivity index (χ1v) is 11.4. The normalized spacial score (nSPS) is 12.2. The van der Waals surface area contributed by atoms with Crippen LogP contribution >= 0.6 is 7.60 Å².